The van der Waals surface area contributed by atoms with Crippen molar-refractivity contribution in [3.05, 3.63) is 90.1 Å². The molecule has 2 aliphatic heterocycles. The van der Waals surface area contributed by atoms with Gasteiger partial charge in [-0.05, 0) is 106 Å². The van der Waals surface area contributed by atoms with Crippen LogP contribution >= 0.6 is 0 Å². The van der Waals surface area contributed by atoms with Crippen LogP contribution in [0.4, 0.5) is 0 Å². The summed E-state index contributed by atoms with van der Waals surface area (Å²) in [6.07, 6.45) is 7.97. The first-order valence-corrected chi connectivity index (χ1v) is 29.9. The number of imidazole rings is 1. The fraction of sp³-hybridized carbons (Fsp3) is 0.550. The average Bonchev–Trinajstić information content (AvgIpc) is 3.59. The van der Waals surface area contributed by atoms with Crippen molar-refractivity contribution in [2.45, 2.75) is 172 Å². The van der Waals surface area contributed by atoms with Gasteiger partial charge in [-0.25, -0.2) is 9.78 Å². The van der Waals surface area contributed by atoms with Crippen LogP contribution in [-0.2, 0) is 62.4 Å². The zero-order valence-electron chi connectivity index (χ0n) is 49.7. The predicted molar refractivity (Wildman–Crippen MR) is 323 cm³/mol. The van der Waals surface area contributed by atoms with Gasteiger partial charge >= 0.3 is 5.97 Å². The van der Waals surface area contributed by atoms with E-state index >= 15 is 0 Å². The van der Waals surface area contributed by atoms with E-state index < -0.39 is 114 Å². The first-order valence-electron chi connectivity index (χ1n) is 29.9. The van der Waals surface area contributed by atoms with E-state index in [-0.39, 0.29) is 89.3 Å². The smallest absolute Gasteiger partial charge is 0.326 e. The molecular formula is C60H88N16O10. The number of aliphatic carboxylic acids is 1. The maximum atomic E-state index is 15.0. The maximum Gasteiger partial charge on any atom is 0.326 e. The number of carbonyl (C=O) groups excluding carboxylic acids is 8. The summed E-state index contributed by atoms with van der Waals surface area (Å²) >= 11 is 0. The minimum absolute atomic E-state index is 0.00355. The summed E-state index contributed by atoms with van der Waals surface area (Å²) < 4.78 is 0. The predicted octanol–water partition coefficient (Wildman–Crippen LogP) is 0.496. The molecule has 2 fully saturated rings. The van der Waals surface area contributed by atoms with Crippen LogP contribution in [0.25, 0.3) is 10.9 Å². The van der Waals surface area contributed by atoms with Gasteiger partial charge in [-0.1, -0.05) is 82.6 Å². The number of para-hydroxylation sites is 1. The molecule has 2 saturated heterocycles. The molecule has 0 bridgehead atoms. The maximum absolute atomic E-state index is 15.0. The van der Waals surface area contributed by atoms with Gasteiger partial charge in [0.15, 0.2) is 5.96 Å². The topological polar surface area (TPSA) is 413 Å². The Hall–Kier alpha value is -8.39. The van der Waals surface area contributed by atoms with Crippen molar-refractivity contribution in [2.75, 3.05) is 26.2 Å². The van der Waals surface area contributed by atoms with Gasteiger partial charge in [-0.3, -0.25) is 43.3 Å². The molecule has 4 heterocycles. The minimum Gasteiger partial charge on any atom is -0.480 e. The molecule has 4 aromatic rings. The summed E-state index contributed by atoms with van der Waals surface area (Å²) in [5.41, 5.74) is 26.3. The number of amides is 8. The van der Waals surface area contributed by atoms with Crippen molar-refractivity contribution in [3.8, 4) is 0 Å². The second-order valence-electron chi connectivity index (χ2n) is 22.9. The molecule has 26 heteroatoms. The van der Waals surface area contributed by atoms with Crippen LogP contribution in [0.1, 0.15) is 115 Å². The van der Waals surface area contributed by atoms with E-state index in [4.69, 9.17) is 22.9 Å². The van der Waals surface area contributed by atoms with Crippen LogP contribution < -0.4 is 54.8 Å². The first kappa shape index (κ1) is 66.7. The number of nitrogens with two attached hydrogens (primary N) is 4. The molecule has 86 heavy (non-hydrogen) atoms. The average molecular weight is 1190 g/mol. The molecule has 6 rings (SSSR count). The fourth-order valence-electron chi connectivity index (χ4n) is 11.0. The number of carboxylic acids is 1. The Morgan fingerprint density at radius 3 is 1.91 bits per heavy atom. The van der Waals surface area contributed by atoms with E-state index in [2.05, 4.69) is 51.8 Å². The summed E-state index contributed by atoms with van der Waals surface area (Å²) in [5.74, 6) is -7.05. The summed E-state index contributed by atoms with van der Waals surface area (Å²) in [4.78, 5) is 145. The molecule has 17 N–H and O–H groups in total. The number of nitrogens with one attached hydrogen (secondary N) is 8. The Morgan fingerprint density at radius 2 is 1.29 bits per heavy atom. The second-order valence-corrected chi connectivity index (χ2v) is 22.9. The molecule has 0 spiro atoms. The van der Waals surface area contributed by atoms with Crippen molar-refractivity contribution >= 4 is 70.1 Å². The van der Waals surface area contributed by atoms with E-state index in [1.54, 1.807) is 13.1 Å². The van der Waals surface area contributed by atoms with Crippen molar-refractivity contribution in [3.63, 3.8) is 0 Å². The zero-order valence-corrected chi connectivity index (χ0v) is 49.7. The van der Waals surface area contributed by atoms with Crippen molar-refractivity contribution in [1.82, 2.24) is 56.7 Å². The number of rotatable bonds is 33. The lowest BCUT2D eigenvalue weighted by Gasteiger charge is -2.32. The zero-order chi connectivity index (χ0) is 62.5. The Kier molecular flexibility index (Phi) is 25.4. The number of aliphatic imine (C=N–C) groups is 1. The third-order valence-corrected chi connectivity index (χ3v) is 15.9. The Labute approximate surface area is 501 Å². The molecule has 8 amide bonds. The van der Waals surface area contributed by atoms with Crippen molar-refractivity contribution < 1.29 is 48.3 Å². The third kappa shape index (κ3) is 19.1. The number of guanidine groups is 1. The SMILES string of the molecule is CCC(C)C(NC(=O)C(Cc1c[nH]c2ccccc12)NC(=O)C1CCCN1C(=O)C(CCCN=C(N)N)NC(=O)C(CCCCN)NC(=O)C1CCCN1C(=O)C(Cc1cnc[nH]1)NC(=O)C(N)Cc1ccccc1)C(=O)NC(CC(C)C)C(=O)O. The molecule has 10 unspecified atom stereocenters. The van der Waals surface area contributed by atoms with Gasteiger partial charge in [-0.15, -0.1) is 0 Å². The number of likely N-dealkylation sites (tertiary alicyclic amines) is 2. The molecule has 2 aliphatic rings. The summed E-state index contributed by atoms with van der Waals surface area (Å²) in [6.45, 7) is 7.91. The number of benzene rings is 2. The number of nitrogens with zero attached hydrogens (tertiary/aromatic N) is 4. The highest BCUT2D eigenvalue weighted by molar-refractivity contribution is 5.99. The van der Waals surface area contributed by atoms with Crippen molar-refractivity contribution in [2.24, 2.45) is 39.8 Å². The molecule has 2 aromatic heterocycles. The number of hydrogen-bond donors (Lipinski definition) is 13. The van der Waals surface area contributed by atoms with Gasteiger partial charge in [0.2, 0.25) is 47.3 Å². The quantitative estimate of drug-likeness (QED) is 0.0175. The van der Waals surface area contributed by atoms with Gasteiger partial charge in [0.05, 0.1) is 12.4 Å². The highest BCUT2D eigenvalue weighted by atomic mass is 16.4. The third-order valence-electron chi connectivity index (χ3n) is 15.9. The molecule has 10 atom stereocenters. The normalized spacial score (nSPS) is 17.7. The standard InChI is InChI=1S/C60H88N16O10/c1-5-36(4)50(56(82)73-47(59(85)86)28-35(2)3)74-53(79)45(30-38-32-67-42-19-10-9-18-40(38)42)71-55(81)49-23-14-26-75(49)57(83)44(21-13-25-66-60(63)64)70-52(78)43(20-11-12-24-61)69-54(80)48-22-15-27-76(48)58(84)46(31-39-33-65-34-68-39)72-51(77)41(62)29-37-16-7-6-8-17-37/h6-10,16-19,32-36,41,43-50,67H,5,11-15,20-31,61-62H2,1-4H3,(H,65,68)(H,69,80)(H,70,78)(H,71,81)(H,72,77)(H,73,82)(H,74,79)(H,85,86)(H4,63,64,66). The fourth-order valence-corrected chi connectivity index (χ4v) is 11.0. The lowest BCUT2D eigenvalue weighted by atomic mass is 9.96. The van der Waals surface area contributed by atoms with E-state index in [1.165, 1.54) is 22.3 Å². The number of unbranched alkanes of at least 4 members (excludes halogenated alkanes) is 1. The van der Waals surface area contributed by atoms with Crippen LogP contribution in [-0.4, -0.2) is 170 Å². The van der Waals surface area contributed by atoms with Crippen molar-refractivity contribution in [1.29, 1.82) is 0 Å². The molecule has 26 nitrogen and oxygen atoms in total. The highest BCUT2D eigenvalue weighted by Crippen LogP contribution is 2.25. The number of carboxylic acid groups (broad SMARTS) is 1. The van der Waals surface area contributed by atoms with Crippen LogP contribution in [0.5, 0.6) is 0 Å². The Morgan fingerprint density at radius 1 is 0.686 bits per heavy atom. The first-order chi connectivity index (χ1) is 41.2. The Balaban J connectivity index is 1.21. The molecule has 0 radical (unpaired) electrons. The molecule has 2 aromatic carbocycles. The van der Waals surface area contributed by atoms with E-state index in [9.17, 15) is 48.3 Å². The largest absolute Gasteiger partial charge is 0.480 e. The van der Waals surface area contributed by atoms with Crippen LogP contribution in [0, 0.1) is 11.8 Å². The highest BCUT2D eigenvalue weighted by Gasteiger charge is 2.43. The monoisotopic (exact) mass is 1190 g/mol. The number of carbonyl (C=O) groups is 9. The van der Waals surface area contributed by atoms with E-state index in [0.29, 0.717) is 49.9 Å². The van der Waals surface area contributed by atoms with Gasteiger partial charge in [0.25, 0.3) is 0 Å². The molecular weight excluding hydrogens is 1100 g/mol. The van der Waals surface area contributed by atoms with E-state index in [0.717, 1.165) is 16.5 Å². The van der Waals surface area contributed by atoms with Gasteiger partial charge in [0, 0.05) is 61.5 Å². The summed E-state index contributed by atoms with van der Waals surface area (Å²) in [7, 11) is 0. The van der Waals surface area contributed by atoms with E-state index in [1.807, 2.05) is 75.4 Å². The van der Waals surface area contributed by atoms with Crippen LogP contribution in [0.2, 0.25) is 0 Å². The van der Waals surface area contributed by atoms with Crippen LogP contribution in [0.15, 0.2) is 78.3 Å². The lowest BCUT2D eigenvalue weighted by molar-refractivity contribution is -0.143. The molecule has 468 valence electrons. The number of hydrogen-bond acceptors (Lipinski definition) is 13. The second kappa shape index (κ2) is 32.8. The minimum atomic E-state index is -1.30. The summed E-state index contributed by atoms with van der Waals surface area (Å²) in [5, 5.41) is 27.6. The molecule has 0 aliphatic carbocycles. The number of fused-ring (bicyclic) bond motifs is 1. The van der Waals surface area contributed by atoms with Gasteiger partial charge in [0.1, 0.15) is 48.3 Å². The number of aromatic amines is 2. The van der Waals surface area contributed by atoms with Gasteiger partial charge in [-0.2, -0.15) is 0 Å². The number of H-pyrrole nitrogens is 2. The Bertz CT molecular complexity index is 2950. The summed E-state index contributed by atoms with van der Waals surface area (Å²) in [6, 6.07) is 6.15. The van der Waals surface area contributed by atoms with Crippen LogP contribution in [0.3, 0.4) is 0 Å². The van der Waals surface area contributed by atoms with Gasteiger partial charge < -0.3 is 79.7 Å². The lowest BCUT2D eigenvalue weighted by Crippen LogP contribution is -2.60. The number of aromatic nitrogens is 3. The molecule has 0 saturated carbocycles.